The summed E-state index contributed by atoms with van der Waals surface area (Å²) < 4.78 is 27.3. The lowest BCUT2D eigenvalue weighted by molar-refractivity contribution is -0.122. The summed E-state index contributed by atoms with van der Waals surface area (Å²) in [4.78, 5) is 13.0. The van der Waals surface area contributed by atoms with Crippen molar-refractivity contribution in [2.24, 2.45) is 5.10 Å². The minimum Gasteiger partial charge on any atom is -0.271 e. The van der Waals surface area contributed by atoms with Crippen molar-refractivity contribution in [3.8, 4) is 11.4 Å². The van der Waals surface area contributed by atoms with Crippen molar-refractivity contribution in [1.82, 2.24) is 25.6 Å². The third-order valence-corrected chi connectivity index (χ3v) is 3.44. The Kier molecular flexibility index (Phi) is 5.07. The van der Waals surface area contributed by atoms with E-state index in [1.165, 1.54) is 13.0 Å². The van der Waals surface area contributed by atoms with E-state index in [-0.39, 0.29) is 17.8 Å². The van der Waals surface area contributed by atoms with Gasteiger partial charge in [-0.25, -0.2) is 14.2 Å². The third kappa shape index (κ3) is 3.94. The smallest absolute Gasteiger partial charge is 0.263 e. The molecule has 0 spiro atoms. The maximum atomic E-state index is 13.7. The number of aromatic nitrogens is 4. The molecule has 0 atom stereocenters. The van der Waals surface area contributed by atoms with E-state index in [4.69, 9.17) is 0 Å². The van der Waals surface area contributed by atoms with Crippen LogP contribution in [0, 0.1) is 11.6 Å². The Balaban J connectivity index is 1.65. The van der Waals surface area contributed by atoms with Crippen LogP contribution in [0.3, 0.4) is 0 Å². The molecule has 0 bridgehead atoms. The molecule has 0 unspecified atom stereocenters. The first-order chi connectivity index (χ1) is 12.5. The molecule has 1 aromatic heterocycles. The summed E-state index contributed by atoms with van der Waals surface area (Å²) in [6.45, 7) is 1.15. The summed E-state index contributed by atoms with van der Waals surface area (Å²) in [6.07, 6.45) is 0. The average molecular weight is 356 g/mol. The van der Waals surface area contributed by atoms with Crippen LogP contribution < -0.4 is 5.43 Å². The topological polar surface area (TPSA) is 85.1 Å². The highest BCUT2D eigenvalue weighted by Gasteiger charge is 2.13. The standard InChI is InChI=1S/C17H14F2N6O/c1-11(16-13(18)8-5-9-14(16)19)20-21-15(26)10-25-23-17(22-24-25)12-6-3-2-4-7-12/h2-9H,10H2,1H3,(H,21,26)/b20-11-. The highest BCUT2D eigenvalue weighted by Crippen LogP contribution is 2.13. The molecule has 0 fully saturated rings. The largest absolute Gasteiger partial charge is 0.271 e. The molecule has 0 aliphatic heterocycles. The lowest BCUT2D eigenvalue weighted by Gasteiger charge is -2.05. The minimum atomic E-state index is -0.758. The second kappa shape index (κ2) is 7.60. The number of hydrogen-bond donors (Lipinski definition) is 1. The predicted molar refractivity (Wildman–Crippen MR) is 90.0 cm³/mol. The van der Waals surface area contributed by atoms with E-state index in [0.29, 0.717) is 5.82 Å². The van der Waals surface area contributed by atoms with Crippen molar-refractivity contribution in [2.75, 3.05) is 0 Å². The molecule has 1 heterocycles. The van der Waals surface area contributed by atoms with Gasteiger partial charge in [-0.2, -0.15) is 9.90 Å². The van der Waals surface area contributed by atoms with Crippen LogP contribution in [0.1, 0.15) is 12.5 Å². The molecule has 1 amide bonds. The number of halogens is 2. The molecule has 3 rings (SSSR count). The number of hydrazone groups is 1. The third-order valence-electron chi connectivity index (χ3n) is 3.44. The first-order valence-electron chi connectivity index (χ1n) is 7.65. The fraction of sp³-hybridized carbons (Fsp3) is 0.118. The highest BCUT2D eigenvalue weighted by molar-refractivity contribution is 5.99. The van der Waals surface area contributed by atoms with Gasteiger partial charge in [-0.05, 0) is 24.3 Å². The van der Waals surface area contributed by atoms with E-state index in [9.17, 15) is 13.6 Å². The van der Waals surface area contributed by atoms with Gasteiger partial charge in [0.2, 0.25) is 5.82 Å². The Bertz CT molecular complexity index is 935. The monoisotopic (exact) mass is 356 g/mol. The van der Waals surface area contributed by atoms with E-state index in [2.05, 4.69) is 25.9 Å². The van der Waals surface area contributed by atoms with Crippen LogP contribution in [0.15, 0.2) is 53.6 Å². The molecule has 0 aliphatic carbocycles. The molecule has 26 heavy (non-hydrogen) atoms. The van der Waals surface area contributed by atoms with E-state index in [0.717, 1.165) is 22.5 Å². The lowest BCUT2D eigenvalue weighted by atomic mass is 10.1. The molecular weight excluding hydrogens is 342 g/mol. The predicted octanol–water partition coefficient (Wildman–Crippen LogP) is 2.16. The molecule has 7 nitrogen and oxygen atoms in total. The number of rotatable bonds is 5. The maximum Gasteiger partial charge on any atom is 0.263 e. The van der Waals surface area contributed by atoms with Crippen LogP contribution in [-0.4, -0.2) is 31.8 Å². The van der Waals surface area contributed by atoms with Crippen molar-refractivity contribution >= 4 is 11.6 Å². The van der Waals surface area contributed by atoms with Gasteiger partial charge in [0.25, 0.3) is 5.91 Å². The zero-order chi connectivity index (χ0) is 18.5. The Morgan fingerprint density at radius 2 is 1.81 bits per heavy atom. The maximum absolute atomic E-state index is 13.7. The van der Waals surface area contributed by atoms with Crippen LogP contribution in [0.4, 0.5) is 8.78 Å². The van der Waals surface area contributed by atoms with Gasteiger partial charge in [-0.3, -0.25) is 4.79 Å². The quantitative estimate of drug-likeness (QED) is 0.561. The van der Waals surface area contributed by atoms with Crippen LogP contribution in [0.5, 0.6) is 0 Å². The van der Waals surface area contributed by atoms with Gasteiger partial charge in [0.05, 0.1) is 11.3 Å². The highest BCUT2D eigenvalue weighted by atomic mass is 19.1. The molecule has 2 aromatic carbocycles. The molecule has 0 aliphatic rings. The molecule has 3 aromatic rings. The van der Waals surface area contributed by atoms with Crippen LogP contribution in [0.25, 0.3) is 11.4 Å². The van der Waals surface area contributed by atoms with E-state index in [1.54, 1.807) is 0 Å². The fourth-order valence-electron chi connectivity index (χ4n) is 2.22. The van der Waals surface area contributed by atoms with Crippen LogP contribution >= 0.6 is 0 Å². The van der Waals surface area contributed by atoms with Crippen molar-refractivity contribution in [2.45, 2.75) is 13.5 Å². The number of nitrogens with zero attached hydrogens (tertiary/aromatic N) is 5. The number of tetrazole rings is 1. The summed E-state index contributed by atoms with van der Waals surface area (Å²) in [5, 5.41) is 15.5. The summed E-state index contributed by atoms with van der Waals surface area (Å²) in [7, 11) is 0. The van der Waals surface area contributed by atoms with Crippen molar-refractivity contribution in [3.05, 3.63) is 65.7 Å². The number of amides is 1. The van der Waals surface area contributed by atoms with Crippen LogP contribution in [0.2, 0.25) is 0 Å². The second-order valence-electron chi connectivity index (χ2n) is 5.34. The number of nitrogens with one attached hydrogen (secondary N) is 1. The van der Waals surface area contributed by atoms with Gasteiger partial charge in [-0.15, -0.1) is 10.2 Å². The van der Waals surface area contributed by atoms with Gasteiger partial charge in [0, 0.05) is 5.56 Å². The molecule has 0 radical (unpaired) electrons. The summed E-state index contributed by atoms with van der Waals surface area (Å²) >= 11 is 0. The van der Waals surface area contributed by atoms with E-state index in [1.807, 2.05) is 30.3 Å². The number of hydrogen-bond acceptors (Lipinski definition) is 5. The van der Waals surface area contributed by atoms with E-state index >= 15 is 0 Å². The Labute approximate surface area is 147 Å². The van der Waals surface area contributed by atoms with Crippen LogP contribution in [-0.2, 0) is 11.3 Å². The van der Waals surface area contributed by atoms with Crippen molar-refractivity contribution < 1.29 is 13.6 Å². The van der Waals surface area contributed by atoms with E-state index < -0.39 is 17.5 Å². The van der Waals surface area contributed by atoms with Crippen molar-refractivity contribution in [1.29, 1.82) is 0 Å². The number of carbonyl (C=O) groups excluding carboxylic acids is 1. The molecule has 132 valence electrons. The van der Waals surface area contributed by atoms with Gasteiger partial charge in [0.1, 0.15) is 18.2 Å². The number of benzene rings is 2. The zero-order valence-corrected chi connectivity index (χ0v) is 13.7. The molecule has 0 saturated heterocycles. The Morgan fingerprint density at radius 3 is 2.50 bits per heavy atom. The van der Waals surface area contributed by atoms with Gasteiger partial charge in [-0.1, -0.05) is 36.4 Å². The molecule has 9 heteroatoms. The van der Waals surface area contributed by atoms with Gasteiger partial charge >= 0.3 is 0 Å². The first kappa shape index (κ1) is 17.3. The molecule has 0 saturated carbocycles. The lowest BCUT2D eigenvalue weighted by Crippen LogP contribution is -2.25. The SMILES string of the molecule is C/C(=N/NC(=O)Cn1nnc(-c2ccccc2)n1)c1c(F)cccc1F. The normalized spacial score (nSPS) is 11.4. The first-order valence-corrected chi connectivity index (χ1v) is 7.65. The summed E-state index contributed by atoms with van der Waals surface area (Å²) in [5.41, 5.74) is 2.70. The zero-order valence-electron chi connectivity index (χ0n) is 13.7. The second-order valence-corrected chi connectivity index (χ2v) is 5.34. The Hall–Kier alpha value is -3.49. The summed E-state index contributed by atoms with van der Waals surface area (Å²) in [5.74, 6) is -1.69. The Morgan fingerprint density at radius 1 is 1.12 bits per heavy atom. The van der Waals surface area contributed by atoms with Gasteiger partial charge < -0.3 is 0 Å². The minimum absolute atomic E-state index is 0.00507. The molecular formula is C17H14F2N6O. The average Bonchev–Trinajstić information content (AvgIpc) is 3.09. The summed E-state index contributed by atoms with van der Waals surface area (Å²) in [6, 6.07) is 12.6. The van der Waals surface area contributed by atoms with Crippen molar-refractivity contribution in [3.63, 3.8) is 0 Å². The van der Waals surface area contributed by atoms with Gasteiger partial charge in [0.15, 0.2) is 0 Å². The fourth-order valence-corrected chi connectivity index (χ4v) is 2.22. The number of carbonyl (C=O) groups is 1. The molecule has 1 N–H and O–H groups in total.